The van der Waals surface area contributed by atoms with Crippen LogP contribution in [0, 0.1) is 5.82 Å². The first-order valence-electron chi connectivity index (χ1n) is 8.01. The summed E-state index contributed by atoms with van der Waals surface area (Å²) in [5.74, 6) is -1.81. The van der Waals surface area contributed by atoms with E-state index in [9.17, 15) is 14.0 Å². The van der Waals surface area contributed by atoms with Gasteiger partial charge in [-0.25, -0.2) is 9.18 Å². The van der Waals surface area contributed by atoms with E-state index >= 15 is 0 Å². The first-order chi connectivity index (χ1) is 12.0. The van der Waals surface area contributed by atoms with Crippen LogP contribution in [0.15, 0.2) is 36.4 Å². The summed E-state index contributed by atoms with van der Waals surface area (Å²) >= 11 is 5.74. The average molecular weight is 362 g/mol. The van der Waals surface area contributed by atoms with E-state index in [2.05, 4.69) is 5.32 Å². The molecule has 2 N–H and O–H groups in total. The van der Waals surface area contributed by atoms with E-state index in [1.807, 2.05) is 0 Å². The second kappa shape index (κ2) is 7.23. The summed E-state index contributed by atoms with van der Waals surface area (Å²) in [5, 5.41) is 12.0. The molecule has 0 heterocycles. The van der Waals surface area contributed by atoms with E-state index < -0.39 is 17.7 Å². The number of carboxylic acids is 1. The molecule has 1 amide bonds. The molecule has 2 aromatic carbocycles. The molecule has 130 valence electrons. The van der Waals surface area contributed by atoms with Crippen molar-refractivity contribution in [2.24, 2.45) is 0 Å². The van der Waals surface area contributed by atoms with Gasteiger partial charge in [-0.15, -0.1) is 11.6 Å². The van der Waals surface area contributed by atoms with Crippen LogP contribution in [-0.2, 0) is 12.8 Å². The van der Waals surface area contributed by atoms with Gasteiger partial charge in [0.05, 0.1) is 17.2 Å². The van der Waals surface area contributed by atoms with E-state index in [1.165, 1.54) is 6.07 Å². The normalized spacial score (nSPS) is 15.7. The highest BCUT2D eigenvalue weighted by Crippen LogP contribution is 2.32. The van der Waals surface area contributed by atoms with Gasteiger partial charge in [0.1, 0.15) is 5.82 Å². The number of carbonyl (C=O) groups excluding carboxylic acids is 1. The topological polar surface area (TPSA) is 66.4 Å². The summed E-state index contributed by atoms with van der Waals surface area (Å²) in [6.45, 7) is 0. The molecule has 0 aromatic heterocycles. The van der Waals surface area contributed by atoms with Crippen molar-refractivity contribution in [3.05, 3.63) is 70.0 Å². The molecule has 4 nitrogen and oxygen atoms in total. The largest absolute Gasteiger partial charge is 0.478 e. The zero-order valence-electron chi connectivity index (χ0n) is 13.4. The van der Waals surface area contributed by atoms with Gasteiger partial charge in [-0.3, -0.25) is 4.79 Å². The Bertz CT molecular complexity index is 837. The van der Waals surface area contributed by atoms with Crippen LogP contribution < -0.4 is 5.32 Å². The number of aromatic carboxylic acids is 1. The van der Waals surface area contributed by atoms with Crippen molar-refractivity contribution in [2.75, 3.05) is 5.88 Å². The molecule has 2 aromatic rings. The Labute approximate surface area is 149 Å². The monoisotopic (exact) mass is 361 g/mol. The fourth-order valence-electron chi connectivity index (χ4n) is 3.25. The Morgan fingerprint density at radius 3 is 2.80 bits per heavy atom. The molecular formula is C19H17ClFNO3. The minimum absolute atomic E-state index is 0.00555. The molecular weight excluding hydrogens is 345 g/mol. The second-order valence-electron chi connectivity index (χ2n) is 6.00. The van der Waals surface area contributed by atoms with Crippen LogP contribution >= 0.6 is 11.6 Å². The smallest absolute Gasteiger partial charge is 0.335 e. The number of nitrogens with one attached hydrogen (secondary N) is 1. The van der Waals surface area contributed by atoms with Gasteiger partial charge < -0.3 is 10.4 Å². The summed E-state index contributed by atoms with van der Waals surface area (Å²) in [4.78, 5) is 23.8. The molecule has 0 saturated carbocycles. The number of carboxylic acid groups (broad SMARTS) is 1. The molecule has 1 aliphatic rings. The fourth-order valence-corrected chi connectivity index (χ4v) is 3.45. The third-order valence-corrected chi connectivity index (χ3v) is 4.66. The number of aryl methyl sites for hydroxylation is 2. The van der Waals surface area contributed by atoms with E-state index in [-0.39, 0.29) is 23.0 Å². The fraction of sp³-hybridized carbons (Fsp3) is 0.263. The molecule has 1 atom stereocenters. The lowest BCUT2D eigenvalue weighted by atomic mass is 10.0. The molecule has 25 heavy (non-hydrogen) atoms. The molecule has 6 heteroatoms. The predicted molar refractivity (Wildman–Crippen MR) is 92.8 cm³/mol. The number of rotatable bonds is 5. The summed E-state index contributed by atoms with van der Waals surface area (Å²) < 4.78 is 14.2. The molecule has 0 fully saturated rings. The van der Waals surface area contributed by atoms with Crippen LogP contribution in [0.2, 0.25) is 0 Å². The lowest BCUT2D eigenvalue weighted by Crippen LogP contribution is -2.29. The van der Waals surface area contributed by atoms with Crippen molar-refractivity contribution in [2.45, 2.75) is 25.3 Å². The van der Waals surface area contributed by atoms with Gasteiger partial charge in [-0.05, 0) is 54.2 Å². The number of alkyl halides is 1. The second-order valence-corrected chi connectivity index (χ2v) is 6.37. The van der Waals surface area contributed by atoms with Gasteiger partial charge in [0.25, 0.3) is 5.91 Å². The van der Waals surface area contributed by atoms with Gasteiger partial charge in [-0.1, -0.05) is 18.2 Å². The van der Waals surface area contributed by atoms with E-state index in [0.717, 1.165) is 17.5 Å². The Balaban J connectivity index is 1.87. The summed E-state index contributed by atoms with van der Waals surface area (Å²) in [7, 11) is 0. The van der Waals surface area contributed by atoms with Gasteiger partial charge in [0, 0.05) is 5.88 Å². The van der Waals surface area contributed by atoms with E-state index in [4.69, 9.17) is 16.7 Å². The Kier molecular flexibility index (Phi) is 5.04. The van der Waals surface area contributed by atoms with Gasteiger partial charge in [0.15, 0.2) is 0 Å². The standard InChI is InChI=1S/C19H17ClFNO3/c20-9-8-12-2-1-3-15(21)17(12)18(23)22-16-7-6-11-4-5-13(19(24)25)10-14(11)16/h1-5,10,16H,6-9H2,(H,22,23)(H,24,25)/t16-/m1/s1. The third-order valence-electron chi connectivity index (χ3n) is 4.47. The Morgan fingerprint density at radius 1 is 1.28 bits per heavy atom. The number of benzene rings is 2. The van der Waals surface area contributed by atoms with E-state index in [0.29, 0.717) is 18.4 Å². The molecule has 3 rings (SSSR count). The van der Waals surface area contributed by atoms with Gasteiger partial charge in [0.2, 0.25) is 0 Å². The number of carbonyl (C=O) groups is 2. The van der Waals surface area contributed by atoms with Crippen molar-refractivity contribution in [3.8, 4) is 0 Å². The lowest BCUT2D eigenvalue weighted by molar-refractivity contribution is 0.0696. The van der Waals surface area contributed by atoms with Crippen LogP contribution in [-0.4, -0.2) is 22.9 Å². The van der Waals surface area contributed by atoms with Crippen molar-refractivity contribution < 1.29 is 19.1 Å². The molecule has 0 aliphatic heterocycles. The number of hydrogen-bond donors (Lipinski definition) is 2. The molecule has 0 unspecified atom stereocenters. The number of amides is 1. The molecule has 0 radical (unpaired) electrons. The minimum atomic E-state index is -1.02. The minimum Gasteiger partial charge on any atom is -0.478 e. The SMILES string of the molecule is O=C(O)c1ccc2c(c1)[C@H](NC(=O)c1c(F)cccc1CCCl)CC2. The van der Waals surface area contributed by atoms with Gasteiger partial charge in [-0.2, -0.15) is 0 Å². The summed E-state index contributed by atoms with van der Waals surface area (Å²) in [6, 6.07) is 9.07. The van der Waals surface area contributed by atoms with Crippen molar-refractivity contribution in [1.82, 2.24) is 5.32 Å². The first kappa shape index (κ1) is 17.4. The van der Waals surface area contributed by atoms with Crippen LogP contribution in [0.3, 0.4) is 0 Å². The average Bonchev–Trinajstić information content (AvgIpc) is 2.97. The van der Waals surface area contributed by atoms with Crippen LogP contribution in [0.1, 0.15) is 49.9 Å². The maximum absolute atomic E-state index is 14.2. The molecule has 1 aliphatic carbocycles. The van der Waals surface area contributed by atoms with Crippen molar-refractivity contribution >= 4 is 23.5 Å². The highest BCUT2D eigenvalue weighted by atomic mass is 35.5. The van der Waals surface area contributed by atoms with E-state index in [1.54, 1.807) is 30.3 Å². The highest BCUT2D eigenvalue weighted by molar-refractivity contribution is 6.18. The maximum atomic E-state index is 14.2. The molecule has 0 saturated heterocycles. The Morgan fingerprint density at radius 2 is 2.08 bits per heavy atom. The lowest BCUT2D eigenvalue weighted by Gasteiger charge is -2.16. The van der Waals surface area contributed by atoms with Gasteiger partial charge >= 0.3 is 5.97 Å². The van der Waals surface area contributed by atoms with Crippen molar-refractivity contribution in [3.63, 3.8) is 0 Å². The molecule has 0 spiro atoms. The van der Waals surface area contributed by atoms with Crippen LogP contribution in [0.25, 0.3) is 0 Å². The summed E-state index contributed by atoms with van der Waals surface area (Å²) in [6.07, 6.45) is 1.79. The highest BCUT2D eigenvalue weighted by Gasteiger charge is 2.27. The summed E-state index contributed by atoms with van der Waals surface area (Å²) in [5.41, 5.74) is 2.53. The zero-order chi connectivity index (χ0) is 18.0. The Hall–Kier alpha value is -2.40. The molecule has 0 bridgehead atoms. The quantitative estimate of drug-likeness (QED) is 0.797. The predicted octanol–water partition coefficient (Wildman–Crippen LogP) is 3.72. The first-order valence-corrected chi connectivity index (χ1v) is 8.55. The number of halogens is 2. The zero-order valence-corrected chi connectivity index (χ0v) is 14.1. The number of fused-ring (bicyclic) bond motifs is 1. The van der Waals surface area contributed by atoms with Crippen LogP contribution in [0.5, 0.6) is 0 Å². The number of hydrogen-bond acceptors (Lipinski definition) is 2. The van der Waals surface area contributed by atoms with Crippen molar-refractivity contribution in [1.29, 1.82) is 0 Å². The van der Waals surface area contributed by atoms with Crippen LogP contribution in [0.4, 0.5) is 4.39 Å². The third kappa shape index (κ3) is 3.51. The maximum Gasteiger partial charge on any atom is 0.335 e.